The largest absolute Gasteiger partial charge is 0.481 e. The third-order valence-electron chi connectivity index (χ3n) is 3.41. The summed E-state index contributed by atoms with van der Waals surface area (Å²) in [4.78, 5) is 4.31. The summed E-state index contributed by atoms with van der Waals surface area (Å²) in [6, 6.07) is 5.52. The zero-order valence-corrected chi connectivity index (χ0v) is 10.9. The molecule has 1 aromatic rings. The van der Waals surface area contributed by atoms with Crippen molar-refractivity contribution >= 4 is 0 Å². The zero-order valence-electron chi connectivity index (χ0n) is 10.9. The predicted molar refractivity (Wildman–Crippen MR) is 71.5 cm³/mol. The Labute approximate surface area is 109 Å². The summed E-state index contributed by atoms with van der Waals surface area (Å²) in [5.74, 6) is 0.554. The molecule has 0 aromatic carbocycles. The quantitative estimate of drug-likeness (QED) is 0.832. The Hall–Kier alpha value is -1.35. The van der Waals surface area contributed by atoms with Crippen LogP contribution in [-0.4, -0.2) is 17.2 Å². The number of pyridine rings is 1. The van der Waals surface area contributed by atoms with Crippen LogP contribution in [0.2, 0.25) is 0 Å². The highest BCUT2D eigenvalue weighted by Gasteiger charge is 2.16. The summed E-state index contributed by atoms with van der Waals surface area (Å²) in [7, 11) is 1.59. The number of aromatic nitrogens is 1. The monoisotopic (exact) mass is 247 g/mol. The topological polar surface area (TPSA) is 42.4 Å². The van der Waals surface area contributed by atoms with Gasteiger partial charge in [-0.3, -0.25) is 0 Å². The van der Waals surface area contributed by atoms with Crippen LogP contribution >= 0.6 is 0 Å². The Balaban J connectivity index is 2.15. The standard InChI is InChI=1S/C15H21NO2/c1-18-14-11-7-10-13(16-14)15(17)12-8-5-3-2-4-6-9-12/h7-8,10-11,15,17H,2-6,9H2,1H3/b12-8+. The fraction of sp³-hybridized carbons (Fsp3) is 0.533. The van der Waals surface area contributed by atoms with Crippen LogP contribution in [0, 0.1) is 0 Å². The van der Waals surface area contributed by atoms with Gasteiger partial charge in [-0.1, -0.05) is 25.0 Å². The molecular formula is C15H21NO2. The molecule has 1 aliphatic carbocycles. The summed E-state index contributed by atoms with van der Waals surface area (Å²) < 4.78 is 5.10. The van der Waals surface area contributed by atoms with Crippen LogP contribution in [0.25, 0.3) is 0 Å². The van der Waals surface area contributed by atoms with Gasteiger partial charge in [-0.15, -0.1) is 0 Å². The van der Waals surface area contributed by atoms with Gasteiger partial charge in [0.05, 0.1) is 12.8 Å². The average Bonchev–Trinajstić information content (AvgIpc) is 2.38. The summed E-state index contributed by atoms with van der Waals surface area (Å²) in [6.07, 6.45) is 8.58. The van der Waals surface area contributed by atoms with Crippen LogP contribution in [0.3, 0.4) is 0 Å². The van der Waals surface area contributed by atoms with Crippen molar-refractivity contribution in [2.75, 3.05) is 7.11 Å². The number of nitrogens with zero attached hydrogens (tertiary/aromatic N) is 1. The molecule has 1 unspecified atom stereocenters. The van der Waals surface area contributed by atoms with Crippen molar-refractivity contribution < 1.29 is 9.84 Å². The van der Waals surface area contributed by atoms with E-state index in [0.29, 0.717) is 11.6 Å². The first-order valence-corrected chi connectivity index (χ1v) is 6.69. The number of hydrogen-bond acceptors (Lipinski definition) is 3. The molecule has 3 heteroatoms. The van der Waals surface area contributed by atoms with Crippen LogP contribution in [0.15, 0.2) is 29.8 Å². The van der Waals surface area contributed by atoms with Crippen LogP contribution < -0.4 is 4.74 Å². The minimum absolute atomic E-state index is 0.554. The molecule has 0 spiro atoms. The van der Waals surface area contributed by atoms with Gasteiger partial charge in [0.15, 0.2) is 0 Å². The maximum atomic E-state index is 10.4. The molecule has 0 fully saturated rings. The molecule has 98 valence electrons. The van der Waals surface area contributed by atoms with Gasteiger partial charge < -0.3 is 9.84 Å². The Morgan fingerprint density at radius 1 is 1.22 bits per heavy atom. The lowest BCUT2D eigenvalue weighted by atomic mass is 9.95. The van der Waals surface area contributed by atoms with Crippen molar-refractivity contribution in [2.45, 2.75) is 44.6 Å². The van der Waals surface area contributed by atoms with Crippen molar-refractivity contribution in [2.24, 2.45) is 0 Å². The van der Waals surface area contributed by atoms with E-state index in [1.54, 1.807) is 13.2 Å². The minimum Gasteiger partial charge on any atom is -0.481 e. The highest BCUT2D eigenvalue weighted by atomic mass is 16.5. The Bertz CT molecular complexity index is 415. The Kier molecular flexibility index (Phi) is 4.76. The minimum atomic E-state index is -0.585. The molecule has 1 N–H and O–H groups in total. The molecule has 0 bridgehead atoms. The number of aliphatic hydroxyl groups excluding tert-OH is 1. The lowest BCUT2D eigenvalue weighted by Gasteiger charge is -2.17. The molecule has 1 aromatic heterocycles. The molecule has 1 atom stereocenters. The Morgan fingerprint density at radius 2 is 2.06 bits per heavy atom. The van der Waals surface area contributed by atoms with E-state index in [1.165, 1.54) is 19.3 Å². The van der Waals surface area contributed by atoms with E-state index in [1.807, 2.05) is 12.1 Å². The zero-order chi connectivity index (χ0) is 12.8. The van der Waals surface area contributed by atoms with Gasteiger partial charge in [0.2, 0.25) is 5.88 Å². The lowest BCUT2D eigenvalue weighted by Crippen LogP contribution is -2.06. The maximum Gasteiger partial charge on any atom is 0.213 e. The first kappa shape index (κ1) is 13.1. The number of ether oxygens (including phenoxy) is 1. The summed E-state index contributed by atoms with van der Waals surface area (Å²) in [5.41, 5.74) is 1.79. The first-order valence-electron chi connectivity index (χ1n) is 6.69. The average molecular weight is 247 g/mol. The van der Waals surface area contributed by atoms with E-state index in [-0.39, 0.29) is 0 Å². The second-order valence-electron chi connectivity index (χ2n) is 4.74. The summed E-state index contributed by atoms with van der Waals surface area (Å²) in [6.45, 7) is 0. The Morgan fingerprint density at radius 3 is 2.89 bits per heavy atom. The second kappa shape index (κ2) is 6.55. The third-order valence-corrected chi connectivity index (χ3v) is 3.41. The molecular weight excluding hydrogens is 226 g/mol. The molecule has 0 saturated heterocycles. The van der Waals surface area contributed by atoms with E-state index >= 15 is 0 Å². The van der Waals surface area contributed by atoms with Crippen molar-refractivity contribution in [3.8, 4) is 5.88 Å². The first-order chi connectivity index (χ1) is 8.81. The molecule has 0 radical (unpaired) electrons. The second-order valence-corrected chi connectivity index (χ2v) is 4.74. The van der Waals surface area contributed by atoms with Crippen molar-refractivity contribution in [3.05, 3.63) is 35.5 Å². The normalized spacial score (nSPS) is 21.3. The van der Waals surface area contributed by atoms with Crippen LogP contribution in [0.4, 0.5) is 0 Å². The van der Waals surface area contributed by atoms with E-state index in [2.05, 4.69) is 11.1 Å². The number of rotatable bonds is 3. The maximum absolute atomic E-state index is 10.4. The molecule has 0 saturated carbocycles. The number of hydrogen-bond donors (Lipinski definition) is 1. The third kappa shape index (κ3) is 3.33. The summed E-state index contributed by atoms with van der Waals surface area (Å²) in [5, 5.41) is 10.4. The van der Waals surface area contributed by atoms with Gasteiger partial charge in [-0.05, 0) is 37.3 Å². The van der Waals surface area contributed by atoms with E-state index in [4.69, 9.17) is 4.74 Å². The van der Waals surface area contributed by atoms with Gasteiger partial charge in [0.1, 0.15) is 6.10 Å². The molecule has 1 heterocycles. The van der Waals surface area contributed by atoms with Gasteiger partial charge in [0.25, 0.3) is 0 Å². The van der Waals surface area contributed by atoms with Gasteiger partial charge in [-0.2, -0.15) is 0 Å². The van der Waals surface area contributed by atoms with Crippen LogP contribution in [0.5, 0.6) is 5.88 Å². The smallest absolute Gasteiger partial charge is 0.213 e. The van der Waals surface area contributed by atoms with Crippen LogP contribution in [-0.2, 0) is 0 Å². The predicted octanol–water partition coefficient (Wildman–Crippen LogP) is 3.40. The van der Waals surface area contributed by atoms with Gasteiger partial charge >= 0.3 is 0 Å². The SMILES string of the molecule is COc1cccc(C(O)/C2=C/CCCCCC2)n1. The van der Waals surface area contributed by atoms with E-state index in [0.717, 1.165) is 24.8 Å². The number of aliphatic hydroxyl groups is 1. The summed E-state index contributed by atoms with van der Waals surface area (Å²) >= 11 is 0. The molecule has 18 heavy (non-hydrogen) atoms. The fourth-order valence-corrected chi connectivity index (χ4v) is 2.35. The lowest BCUT2D eigenvalue weighted by molar-refractivity contribution is 0.203. The van der Waals surface area contributed by atoms with Gasteiger partial charge in [-0.25, -0.2) is 4.98 Å². The molecule has 0 aliphatic heterocycles. The molecule has 2 rings (SSSR count). The van der Waals surface area contributed by atoms with E-state index < -0.39 is 6.10 Å². The molecule has 1 aliphatic rings. The van der Waals surface area contributed by atoms with E-state index in [9.17, 15) is 5.11 Å². The number of allylic oxidation sites excluding steroid dienone is 1. The highest BCUT2D eigenvalue weighted by molar-refractivity contribution is 5.24. The fourth-order valence-electron chi connectivity index (χ4n) is 2.35. The molecule has 3 nitrogen and oxygen atoms in total. The number of methoxy groups -OCH3 is 1. The highest BCUT2D eigenvalue weighted by Crippen LogP contribution is 2.28. The van der Waals surface area contributed by atoms with Gasteiger partial charge in [0, 0.05) is 6.07 Å². The van der Waals surface area contributed by atoms with Crippen molar-refractivity contribution in [1.29, 1.82) is 0 Å². The van der Waals surface area contributed by atoms with Crippen LogP contribution in [0.1, 0.15) is 50.3 Å². The molecule has 0 amide bonds. The van der Waals surface area contributed by atoms with Crippen molar-refractivity contribution in [1.82, 2.24) is 4.98 Å². The van der Waals surface area contributed by atoms with Crippen molar-refractivity contribution in [3.63, 3.8) is 0 Å².